The number of hydrogen-bond donors (Lipinski definition) is 2. The van der Waals surface area contributed by atoms with Gasteiger partial charge in [-0.2, -0.15) is 10.2 Å². The fourth-order valence-corrected chi connectivity index (χ4v) is 1.52. The molecule has 2 aromatic rings. The second-order valence-corrected chi connectivity index (χ2v) is 4.61. The Morgan fingerprint density at radius 2 is 2.10 bits per heavy atom. The lowest BCUT2D eigenvalue weighted by atomic mass is 10.1. The first kappa shape index (κ1) is 13.9. The van der Waals surface area contributed by atoms with Crippen molar-refractivity contribution in [2.75, 3.05) is 0 Å². The highest BCUT2D eigenvalue weighted by Crippen LogP contribution is 2.11. The van der Waals surface area contributed by atoms with Crippen LogP contribution in [-0.2, 0) is 0 Å². The maximum atomic E-state index is 12.7. The number of rotatable bonds is 4. The molecule has 0 atom stereocenters. The van der Waals surface area contributed by atoms with Crippen LogP contribution in [0.25, 0.3) is 0 Å². The van der Waals surface area contributed by atoms with Crippen LogP contribution in [0.2, 0.25) is 0 Å². The minimum atomic E-state index is -0.397. The first-order valence-electron chi connectivity index (χ1n) is 6.20. The summed E-state index contributed by atoms with van der Waals surface area (Å²) in [6.45, 7) is 4.00. The number of aromatic nitrogens is 2. The van der Waals surface area contributed by atoms with Crippen LogP contribution in [0.15, 0.2) is 35.4 Å². The van der Waals surface area contributed by atoms with Gasteiger partial charge in [-0.3, -0.25) is 9.89 Å². The number of nitrogens with one attached hydrogen (secondary N) is 2. The lowest BCUT2D eigenvalue weighted by Crippen LogP contribution is -2.18. The topological polar surface area (TPSA) is 70.1 Å². The van der Waals surface area contributed by atoms with Crippen LogP contribution in [0.1, 0.15) is 41.5 Å². The second-order valence-electron chi connectivity index (χ2n) is 4.61. The van der Waals surface area contributed by atoms with E-state index in [-0.39, 0.29) is 17.4 Å². The van der Waals surface area contributed by atoms with Gasteiger partial charge in [-0.25, -0.2) is 9.82 Å². The van der Waals surface area contributed by atoms with Crippen LogP contribution in [0.5, 0.6) is 0 Å². The highest BCUT2D eigenvalue weighted by Gasteiger charge is 2.10. The standard InChI is InChI=1S/C14H15FN4O/c1-9(2)12-7-13(18-17-12)14(20)19-16-8-10-3-5-11(15)6-4-10/h3-9H,1-2H3,(H,17,18)(H,19,20)/b16-8-. The van der Waals surface area contributed by atoms with Crippen molar-refractivity contribution in [2.24, 2.45) is 5.10 Å². The molecule has 1 aromatic heterocycles. The van der Waals surface area contributed by atoms with Crippen molar-refractivity contribution in [1.82, 2.24) is 15.6 Å². The van der Waals surface area contributed by atoms with Gasteiger partial charge in [0.1, 0.15) is 5.82 Å². The predicted octanol–water partition coefficient (Wildman–Crippen LogP) is 2.44. The Labute approximate surface area is 115 Å². The minimum absolute atomic E-state index is 0.270. The Balaban J connectivity index is 1.95. The van der Waals surface area contributed by atoms with Gasteiger partial charge in [0.05, 0.1) is 6.21 Å². The molecular weight excluding hydrogens is 259 g/mol. The zero-order chi connectivity index (χ0) is 14.5. The Morgan fingerprint density at radius 3 is 2.70 bits per heavy atom. The Hall–Kier alpha value is -2.50. The lowest BCUT2D eigenvalue weighted by molar-refractivity contribution is 0.0950. The lowest BCUT2D eigenvalue weighted by Gasteiger charge is -1.97. The molecule has 0 saturated carbocycles. The van der Waals surface area contributed by atoms with Gasteiger partial charge in [0, 0.05) is 5.69 Å². The summed E-state index contributed by atoms with van der Waals surface area (Å²) >= 11 is 0. The van der Waals surface area contributed by atoms with E-state index in [2.05, 4.69) is 20.7 Å². The molecule has 2 rings (SSSR count). The zero-order valence-electron chi connectivity index (χ0n) is 11.2. The molecule has 6 heteroatoms. The summed E-state index contributed by atoms with van der Waals surface area (Å²) in [6, 6.07) is 7.47. The zero-order valence-corrected chi connectivity index (χ0v) is 11.2. The maximum Gasteiger partial charge on any atom is 0.291 e. The summed E-state index contributed by atoms with van der Waals surface area (Å²) in [5, 5.41) is 10.5. The fourth-order valence-electron chi connectivity index (χ4n) is 1.52. The van der Waals surface area contributed by atoms with Crippen molar-refractivity contribution in [2.45, 2.75) is 19.8 Å². The molecule has 20 heavy (non-hydrogen) atoms. The SMILES string of the molecule is CC(C)c1cc(C(=O)N/N=C\c2ccc(F)cc2)n[nH]1. The Bertz CT molecular complexity index is 616. The van der Waals surface area contributed by atoms with E-state index in [1.54, 1.807) is 18.2 Å². The third-order valence-electron chi connectivity index (χ3n) is 2.70. The van der Waals surface area contributed by atoms with Gasteiger partial charge in [-0.1, -0.05) is 26.0 Å². The van der Waals surface area contributed by atoms with Crippen LogP contribution in [-0.4, -0.2) is 22.3 Å². The number of carbonyl (C=O) groups is 1. The molecule has 0 aliphatic heterocycles. The first-order chi connectivity index (χ1) is 9.56. The van der Waals surface area contributed by atoms with E-state index in [1.807, 2.05) is 13.8 Å². The molecule has 0 aliphatic rings. The number of H-pyrrole nitrogens is 1. The van der Waals surface area contributed by atoms with Crippen molar-refractivity contribution in [1.29, 1.82) is 0 Å². The third kappa shape index (κ3) is 3.50. The molecule has 5 nitrogen and oxygen atoms in total. The highest BCUT2D eigenvalue weighted by molar-refractivity contribution is 5.93. The van der Waals surface area contributed by atoms with Crippen LogP contribution in [0.4, 0.5) is 4.39 Å². The fraction of sp³-hybridized carbons (Fsp3) is 0.214. The van der Waals surface area contributed by atoms with E-state index in [1.165, 1.54) is 18.3 Å². The second kappa shape index (κ2) is 6.10. The van der Waals surface area contributed by atoms with Gasteiger partial charge in [0.25, 0.3) is 5.91 Å². The van der Waals surface area contributed by atoms with Crippen LogP contribution < -0.4 is 5.43 Å². The van der Waals surface area contributed by atoms with Crippen molar-refractivity contribution < 1.29 is 9.18 Å². The molecule has 0 saturated heterocycles. The smallest absolute Gasteiger partial charge is 0.282 e. The van der Waals surface area contributed by atoms with E-state index in [0.29, 0.717) is 5.56 Å². The molecular formula is C14H15FN4O. The van der Waals surface area contributed by atoms with Gasteiger partial charge >= 0.3 is 0 Å². The molecule has 2 N–H and O–H groups in total. The number of aromatic amines is 1. The monoisotopic (exact) mass is 274 g/mol. The van der Waals surface area contributed by atoms with Crippen molar-refractivity contribution in [3.8, 4) is 0 Å². The predicted molar refractivity (Wildman–Crippen MR) is 74.1 cm³/mol. The summed E-state index contributed by atoms with van der Waals surface area (Å²) in [5.41, 5.74) is 4.23. The summed E-state index contributed by atoms with van der Waals surface area (Å²) < 4.78 is 12.7. The molecule has 1 aromatic carbocycles. The average Bonchev–Trinajstić information content (AvgIpc) is 2.91. The van der Waals surface area contributed by atoms with Crippen molar-refractivity contribution in [3.05, 3.63) is 53.1 Å². The minimum Gasteiger partial charge on any atom is -0.282 e. The van der Waals surface area contributed by atoms with Crippen molar-refractivity contribution >= 4 is 12.1 Å². The molecule has 0 fully saturated rings. The molecule has 0 aliphatic carbocycles. The van der Waals surface area contributed by atoms with E-state index >= 15 is 0 Å². The largest absolute Gasteiger partial charge is 0.291 e. The maximum absolute atomic E-state index is 12.7. The van der Waals surface area contributed by atoms with Gasteiger partial charge in [0.15, 0.2) is 5.69 Å². The summed E-state index contributed by atoms with van der Waals surface area (Å²) in [6.07, 6.45) is 1.44. The highest BCUT2D eigenvalue weighted by atomic mass is 19.1. The summed E-state index contributed by atoms with van der Waals surface area (Å²) in [4.78, 5) is 11.8. The molecule has 1 amide bonds. The van der Waals surface area contributed by atoms with Gasteiger partial charge < -0.3 is 0 Å². The number of carbonyl (C=O) groups excluding carboxylic acids is 1. The number of nitrogens with zero attached hydrogens (tertiary/aromatic N) is 2. The molecule has 1 heterocycles. The number of benzene rings is 1. The van der Waals surface area contributed by atoms with Crippen LogP contribution in [0, 0.1) is 5.82 Å². The van der Waals surface area contributed by atoms with Gasteiger partial charge in [-0.05, 0) is 29.7 Å². The summed E-state index contributed by atoms with van der Waals surface area (Å²) in [7, 11) is 0. The third-order valence-corrected chi connectivity index (χ3v) is 2.70. The molecule has 0 bridgehead atoms. The number of hydrazone groups is 1. The average molecular weight is 274 g/mol. The number of amides is 1. The van der Waals surface area contributed by atoms with E-state index in [4.69, 9.17) is 0 Å². The molecule has 0 radical (unpaired) electrons. The van der Waals surface area contributed by atoms with E-state index in [0.717, 1.165) is 5.69 Å². The normalized spacial score (nSPS) is 11.2. The van der Waals surface area contributed by atoms with Gasteiger partial charge in [-0.15, -0.1) is 0 Å². The number of halogens is 1. The van der Waals surface area contributed by atoms with E-state index < -0.39 is 5.91 Å². The van der Waals surface area contributed by atoms with Gasteiger partial charge in [0.2, 0.25) is 0 Å². The van der Waals surface area contributed by atoms with Crippen LogP contribution in [0.3, 0.4) is 0 Å². The first-order valence-corrected chi connectivity index (χ1v) is 6.20. The van der Waals surface area contributed by atoms with Crippen LogP contribution >= 0.6 is 0 Å². The summed E-state index contributed by atoms with van der Waals surface area (Å²) in [5.74, 6) is -0.442. The molecule has 0 unspecified atom stereocenters. The Kier molecular flexibility index (Phi) is 4.24. The number of hydrogen-bond acceptors (Lipinski definition) is 3. The quantitative estimate of drug-likeness (QED) is 0.664. The molecule has 0 spiro atoms. The van der Waals surface area contributed by atoms with Crippen molar-refractivity contribution in [3.63, 3.8) is 0 Å². The molecule has 104 valence electrons. The van der Waals surface area contributed by atoms with E-state index in [9.17, 15) is 9.18 Å². The Morgan fingerprint density at radius 1 is 1.40 bits per heavy atom.